The molecule has 0 bridgehead atoms. The normalized spacial score (nSPS) is 14.1. The summed E-state index contributed by atoms with van der Waals surface area (Å²) in [6.07, 6.45) is 6.79. The Balaban J connectivity index is 1.64. The molecule has 0 aliphatic carbocycles. The number of rotatable bonds is 7. The number of methoxy groups -OCH3 is 1. The fraction of sp³-hybridized carbons (Fsp3) is 0.429. The fourth-order valence-corrected chi connectivity index (χ4v) is 3.02. The average Bonchev–Trinajstić information content (AvgIpc) is 2.77. The van der Waals surface area contributed by atoms with Crippen LogP contribution in [0.15, 0.2) is 30.3 Å². The molecule has 0 atom stereocenters. The first-order chi connectivity index (χ1) is 14.0. The number of hydrogen-bond donors (Lipinski definition) is 1. The van der Waals surface area contributed by atoms with Crippen LogP contribution >= 0.6 is 0 Å². The zero-order valence-corrected chi connectivity index (χ0v) is 17.3. The van der Waals surface area contributed by atoms with Crippen LogP contribution in [0.1, 0.15) is 30.7 Å². The summed E-state index contributed by atoms with van der Waals surface area (Å²) in [5.74, 6) is 2.41. The molecule has 0 radical (unpaired) electrons. The lowest BCUT2D eigenvalue weighted by atomic mass is 10.1. The molecule has 1 amide bonds. The number of ether oxygens (including phenoxy) is 1. The second kappa shape index (κ2) is 9.86. The van der Waals surface area contributed by atoms with E-state index in [0.29, 0.717) is 17.7 Å². The average molecular weight is 396 g/mol. The molecule has 1 saturated heterocycles. The van der Waals surface area contributed by atoms with Gasteiger partial charge in [0.25, 0.3) is 0 Å². The van der Waals surface area contributed by atoms with Crippen molar-refractivity contribution < 1.29 is 9.53 Å². The van der Waals surface area contributed by atoms with E-state index in [4.69, 9.17) is 4.74 Å². The van der Waals surface area contributed by atoms with Gasteiger partial charge in [-0.2, -0.15) is 15.0 Å². The van der Waals surface area contributed by atoms with Crippen LogP contribution < -0.4 is 19.9 Å². The van der Waals surface area contributed by atoms with E-state index in [0.717, 1.165) is 37.2 Å². The molecule has 0 spiro atoms. The van der Waals surface area contributed by atoms with E-state index in [9.17, 15) is 4.79 Å². The number of nitrogens with zero attached hydrogens (tertiary/aromatic N) is 5. The molecule has 154 valence electrons. The predicted octanol–water partition coefficient (Wildman–Crippen LogP) is 2.27. The van der Waals surface area contributed by atoms with Gasteiger partial charge in [-0.15, -0.1) is 0 Å². The molecule has 2 heterocycles. The first kappa shape index (κ1) is 20.6. The van der Waals surface area contributed by atoms with Crippen molar-refractivity contribution in [1.82, 2.24) is 20.3 Å². The maximum Gasteiger partial charge on any atom is 0.244 e. The summed E-state index contributed by atoms with van der Waals surface area (Å²) in [4.78, 5) is 29.8. The lowest BCUT2D eigenvalue weighted by Crippen LogP contribution is -2.32. The van der Waals surface area contributed by atoms with Crippen LogP contribution in [0.3, 0.4) is 0 Å². The molecule has 1 N–H and O–H groups in total. The summed E-state index contributed by atoms with van der Waals surface area (Å²) >= 11 is 0. The summed E-state index contributed by atoms with van der Waals surface area (Å²) < 4.78 is 5.13. The first-order valence-electron chi connectivity index (χ1n) is 9.82. The third-order valence-corrected chi connectivity index (χ3v) is 4.66. The van der Waals surface area contributed by atoms with Gasteiger partial charge < -0.3 is 19.9 Å². The molecule has 2 aromatic rings. The summed E-state index contributed by atoms with van der Waals surface area (Å²) in [7, 11) is 5.42. The zero-order chi connectivity index (χ0) is 20.6. The Morgan fingerprint density at radius 1 is 1.14 bits per heavy atom. The second-order valence-electron chi connectivity index (χ2n) is 7.12. The van der Waals surface area contributed by atoms with Crippen molar-refractivity contribution in [2.75, 3.05) is 44.1 Å². The maximum absolute atomic E-state index is 12.2. The molecule has 8 heteroatoms. The number of aromatic nitrogens is 3. The van der Waals surface area contributed by atoms with Gasteiger partial charge in [0.1, 0.15) is 5.75 Å². The van der Waals surface area contributed by atoms with Gasteiger partial charge in [-0.25, -0.2) is 0 Å². The standard InChI is InChI=1S/C21H28N6O2/c1-26(2)20-23-18(24-21(25-20)27-13-5-4-6-14-27)15-22-19(28)12-9-16-7-10-17(29-3)11-8-16/h7-12H,4-6,13-15H2,1-3H3,(H,22,28)/b12-9+. The SMILES string of the molecule is COc1ccc(/C=C/C(=O)NCc2nc(N(C)C)nc(N3CCCCC3)n2)cc1. The molecule has 0 unspecified atom stereocenters. The summed E-state index contributed by atoms with van der Waals surface area (Å²) in [6, 6.07) is 7.49. The van der Waals surface area contributed by atoms with Crippen LogP contribution in [-0.2, 0) is 11.3 Å². The molecule has 1 aliphatic rings. The highest BCUT2D eigenvalue weighted by Crippen LogP contribution is 2.18. The molecule has 1 aromatic heterocycles. The van der Waals surface area contributed by atoms with E-state index >= 15 is 0 Å². The Morgan fingerprint density at radius 3 is 2.52 bits per heavy atom. The van der Waals surface area contributed by atoms with Crippen LogP contribution in [0.4, 0.5) is 11.9 Å². The Labute approximate surface area is 171 Å². The van der Waals surface area contributed by atoms with Crippen molar-refractivity contribution in [2.45, 2.75) is 25.8 Å². The highest BCUT2D eigenvalue weighted by molar-refractivity contribution is 5.91. The van der Waals surface area contributed by atoms with Crippen molar-refractivity contribution in [1.29, 1.82) is 0 Å². The minimum atomic E-state index is -0.202. The molecule has 1 fully saturated rings. The largest absolute Gasteiger partial charge is 0.497 e. The topological polar surface area (TPSA) is 83.5 Å². The van der Waals surface area contributed by atoms with Crippen LogP contribution in [0.25, 0.3) is 6.08 Å². The molecular weight excluding hydrogens is 368 g/mol. The third kappa shape index (κ3) is 5.91. The summed E-state index contributed by atoms with van der Waals surface area (Å²) in [5, 5.41) is 2.85. The minimum absolute atomic E-state index is 0.202. The quantitative estimate of drug-likeness (QED) is 0.719. The highest BCUT2D eigenvalue weighted by Gasteiger charge is 2.17. The molecule has 3 rings (SSSR count). The van der Waals surface area contributed by atoms with Crippen molar-refractivity contribution in [2.24, 2.45) is 0 Å². The van der Waals surface area contributed by atoms with Crippen molar-refractivity contribution in [3.8, 4) is 5.75 Å². The van der Waals surface area contributed by atoms with Crippen molar-refractivity contribution >= 4 is 23.9 Å². The number of amides is 1. The second-order valence-corrected chi connectivity index (χ2v) is 7.12. The van der Waals surface area contributed by atoms with Gasteiger partial charge in [-0.3, -0.25) is 4.79 Å². The Morgan fingerprint density at radius 2 is 1.86 bits per heavy atom. The molecular formula is C21H28N6O2. The molecule has 0 saturated carbocycles. The first-order valence-corrected chi connectivity index (χ1v) is 9.82. The van der Waals surface area contributed by atoms with Gasteiger partial charge in [0.15, 0.2) is 5.82 Å². The summed E-state index contributed by atoms with van der Waals surface area (Å²) in [5.41, 5.74) is 0.920. The van der Waals surface area contributed by atoms with E-state index in [1.165, 1.54) is 12.5 Å². The van der Waals surface area contributed by atoms with E-state index in [1.54, 1.807) is 13.2 Å². The van der Waals surface area contributed by atoms with Crippen LogP contribution in [0, 0.1) is 0 Å². The van der Waals surface area contributed by atoms with E-state index in [-0.39, 0.29) is 12.5 Å². The minimum Gasteiger partial charge on any atom is -0.497 e. The lowest BCUT2D eigenvalue weighted by Gasteiger charge is -2.27. The van der Waals surface area contributed by atoms with Gasteiger partial charge in [-0.05, 0) is 43.0 Å². The molecule has 29 heavy (non-hydrogen) atoms. The zero-order valence-electron chi connectivity index (χ0n) is 17.3. The van der Waals surface area contributed by atoms with Gasteiger partial charge in [0.2, 0.25) is 17.8 Å². The van der Waals surface area contributed by atoms with Crippen molar-refractivity contribution in [3.63, 3.8) is 0 Å². The molecule has 8 nitrogen and oxygen atoms in total. The lowest BCUT2D eigenvalue weighted by molar-refractivity contribution is -0.116. The number of carbonyl (C=O) groups is 1. The number of benzene rings is 1. The number of hydrogen-bond acceptors (Lipinski definition) is 7. The monoisotopic (exact) mass is 396 g/mol. The number of nitrogens with one attached hydrogen (secondary N) is 1. The van der Waals surface area contributed by atoms with Gasteiger partial charge in [0.05, 0.1) is 13.7 Å². The van der Waals surface area contributed by atoms with Gasteiger partial charge in [0, 0.05) is 33.3 Å². The Hall–Kier alpha value is -3.16. The molecule has 1 aromatic carbocycles. The van der Waals surface area contributed by atoms with E-state index in [1.807, 2.05) is 43.3 Å². The maximum atomic E-state index is 12.2. The Kier molecular flexibility index (Phi) is 6.99. The third-order valence-electron chi connectivity index (χ3n) is 4.66. The summed E-state index contributed by atoms with van der Waals surface area (Å²) in [6.45, 7) is 2.15. The van der Waals surface area contributed by atoms with Gasteiger partial charge >= 0.3 is 0 Å². The number of carbonyl (C=O) groups excluding carboxylic acids is 1. The van der Waals surface area contributed by atoms with E-state index < -0.39 is 0 Å². The predicted molar refractivity (Wildman–Crippen MR) is 114 cm³/mol. The van der Waals surface area contributed by atoms with Crippen LogP contribution in [-0.4, -0.2) is 55.2 Å². The fourth-order valence-electron chi connectivity index (χ4n) is 3.02. The number of piperidine rings is 1. The van der Waals surface area contributed by atoms with Gasteiger partial charge in [-0.1, -0.05) is 12.1 Å². The molecule has 1 aliphatic heterocycles. The van der Waals surface area contributed by atoms with E-state index in [2.05, 4.69) is 25.2 Å². The smallest absolute Gasteiger partial charge is 0.244 e. The Bertz CT molecular complexity index is 845. The highest BCUT2D eigenvalue weighted by atomic mass is 16.5. The van der Waals surface area contributed by atoms with Crippen LogP contribution in [0.5, 0.6) is 5.75 Å². The van der Waals surface area contributed by atoms with Crippen molar-refractivity contribution in [3.05, 3.63) is 41.7 Å². The van der Waals surface area contributed by atoms with Crippen LogP contribution in [0.2, 0.25) is 0 Å². The number of anilines is 2.